The maximum Gasteiger partial charge on any atom is 0.306 e. The lowest BCUT2D eigenvalue weighted by molar-refractivity contribution is -0.151. The molecule has 0 fully saturated rings. The Bertz CT molecular complexity index is 727. The van der Waals surface area contributed by atoms with Crippen molar-refractivity contribution in [2.24, 2.45) is 0 Å². The Morgan fingerprint density at radius 2 is 1.04 bits per heavy atom. The van der Waals surface area contributed by atoms with E-state index < -0.39 is 18.2 Å². The zero-order chi connectivity index (χ0) is 35.3. The highest BCUT2D eigenvalue weighted by Gasteiger charge is 2.24. The second-order valence-corrected chi connectivity index (χ2v) is 14.4. The number of esters is 1. The van der Waals surface area contributed by atoms with E-state index in [1.807, 2.05) is 0 Å². The summed E-state index contributed by atoms with van der Waals surface area (Å²) in [6.45, 7) is 6.38. The third kappa shape index (κ3) is 31.8. The summed E-state index contributed by atoms with van der Waals surface area (Å²) in [4.78, 5) is 25.8. The fraction of sp³-hybridized carbons (Fsp3) is 0.905. The predicted octanol–water partition coefficient (Wildman–Crippen LogP) is 11.4. The van der Waals surface area contributed by atoms with Gasteiger partial charge in [0, 0.05) is 6.42 Å². The Kier molecular flexibility index (Phi) is 35.8. The molecule has 0 radical (unpaired) electrons. The number of allylic oxidation sites excluding steroid dienone is 2. The van der Waals surface area contributed by atoms with Gasteiger partial charge in [0.25, 0.3) is 0 Å². The van der Waals surface area contributed by atoms with Crippen LogP contribution in [0.1, 0.15) is 220 Å². The topological polar surface area (TPSA) is 95.9 Å². The van der Waals surface area contributed by atoms with Crippen LogP contribution in [-0.2, 0) is 14.3 Å². The number of carbonyl (C=O) groups is 2. The van der Waals surface area contributed by atoms with Crippen LogP contribution in [0, 0.1) is 0 Å². The monoisotopic (exact) mass is 680 g/mol. The number of carbonyl (C=O) groups excluding carboxylic acids is 2. The number of aliphatic hydroxyl groups excluding tert-OH is 2. The standard InChI is InChI=1S/C42H81NO5/c1-4-7-10-13-16-19-21-22-25-28-31-34-40(45)39(37-44)43-41(46)36-38(33-30-27-24-18-15-12-9-6-3)48-42(47)35-32-29-26-23-20-17-14-11-8-5-2/h11,14,38-40,44-45H,4-10,12-13,15-37H2,1-3H3,(H,43,46)/b14-11-. The Balaban J connectivity index is 4.52. The summed E-state index contributed by atoms with van der Waals surface area (Å²) in [6, 6.07) is -0.692. The zero-order valence-electron chi connectivity index (χ0n) is 32.1. The van der Waals surface area contributed by atoms with E-state index in [4.69, 9.17) is 4.74 Å². The van der Waals surface area contributed by atoms with Crippen molar-refractivity contribution in [2.75, 3.05) is 6.61 Å². The largest absolute Gasteiger partial charge is 0.462 e. The maximum atomic E-state index is 13.0. The van der Waals surface area contributed by atoms with Gasteiger partial charge in [0.15, 0.2) is 0 Å². The van der Waals surface area contributed by atoms with Crippen molar-refractivity contribution >= 4 is 11.9 Å². The number of ether oxygens (including phenoxy) is 1. The van der Waals surface area contributed by atoms with Crippen molar-refractivity contribution in [3.05, 3.63) is 12.2 Å². The molecule has 3 N–H and O–H groups in total. The summed E-state index contributed by atoms with van der Waals surface area (Å²) in [5, 5.41) is 23.5. The highest BCUT2D eigenvalue weighted by Crippen LogP contribution is 2.17. The van der Waals surface area contributed by atoms with Crippen molar-refractivity contribution < 1.29 is 24.5 Å². The Morgan fingerprint density at radius 1 is 0.583 bits per heavy atom. The molecule has 48 heavy (non-hydrogen) atoms. The molecule has 1 amide bonds. The first-order valence-electron chi connectivity index (χ1n) is 20.9. The zero-order valence-corrected chi connectivity index (χ0v) is 32.1. The van der Waals surface area contributed by atoms with Gasteiger partial charge in [-0.15, -0.1) is 0 Å². The Morgan fingerprint density at radius 3 is 1.56 bits per heavy atom. The van der Waals surface area contributed by atoms with Crippen molar-refractivity contribution in [1.82, 2.24) is 5.32 Å². The molecule has 0 saturated heterocycles. The third-order valence-electron chi connectivity index (χ3n) is 9.58. The summed E-state index contributed by atoms with van der Waals surface area (Å²) in [5.41, 5.74) is 0. The van der Waals surface area contributed by atoms with Crippen LogP contribution in [0.15, 0.2) is 12.2 Å². The smallest absolute Gasteiger partial charge is 0.306 e. The van der Waals surface area contributed by atoms with Crippen LogP contribution in [0.3, 0.4) is 0 Å². The first-order chi connectivity index (χ1) is 23.5. The van der Waals surface area contributed by atoms with Gasteiger partial charge in [-0.25, -0.2) is 0 Å². The van der Waals surface area contributed by atoms with Crippen LogP contribution in [0.25, 0.3) is 0 Å². The fourth-order valence-corrected chi connectivity index (χ4v) is 6.37. The minimum Gasteiger partial charge on any atom is -0.462 e. The van der Waals surface area contributed by atoms with Gasteiger partial charge in [0.2, 0.25) is 5.91 Å². The SMILES string of the molecule is CCC/C=C\CCCCCCCC(=O)OC(CCCCCCCCCC)CC(=O)NC(CO)C(O)CCCCCCCCCCCCC. The molecular formula is C42H81NO5. The first-order valence-corrected chi connectivity index (χ1v) is 20.9. The number of hydrogen-bond donors (Lipinski definition) is 3. The first kappa shape index (κ1) is 46.6. The van der Waals surface area contributed by atoms with E-state index in [-0.39, 0.29) is 24.9 Å². The molecule has 0 rings (SSSR count). The lowest BCUT2D eigenvalue weighted by Gasteiger charge is -2.24. The van der Waals surface area contributed by atoms with Gasteiger partial charge < -0.3 is 20.3 Å². The van der Waals surface area contributed by atoms with Crippen LogP contribution >= 0.6 is 0 Å². The molecule has 0 bridgehead atoms. The molecule has 0 saturated carbocycles. The van der Waals surface area contributed by atoms with E-state index >= 15 is 0 Å². The summed E-state index contributed by atoms with van der Waals surface area (Å²) < 4.78 is 5.85. The number of nitrogens with one attached hydrogen (secondary N) is 1. The van der Waals surface area contributed by atoms with Crippen LogP contribution in [0.4, 0.5) is 0 Å². The normalized spacial score (nSPS) is 13.5. The van der Waals surface area contributed by atoms with Gasteiger partial charge in [0.1, 0.15) is 6.10 Å². The number of aliphatic hydroxyl groups is 2. The molecule has 3 unspecified atom stereocenters. The minimum atomic E-state index is -0.779. The summed E-state index contributed by atoms with van der Waals surface area (Å²) in [6.07, 6.45) is 37.0. The van der Waals surface area contributed by atoms with Gasteiger partial charge in [-0.1, -0.05) is 174 Å². The average Bonchev–Trinajstić information content (AvgIpc) is 3.07. The lowest BCUT2D eigenvalue weighted by atomic mass is 10.0. The highest BCUT2D eigenvalue weighted by atomic mass is 16.5. The molecule has 0 aliphatic rings. The van der Waals surface area contributed by atoms with Gasteiger partial charge in [0.05, 0.1) is 25.2 Å². The van der Waals surface area contributed by atoms with E-state index in [0.29, 0.717) is 19.3 Å². The molecule has 3 atom stereocenters. The maximum absolute atomic E-state index is 13.0. The van der Waals surface area contributed by atoms with Crippen LogP contribution in [-0.4, -0.2) is 46.9 Å². The summed E-state index contributed by atoms with van der Waals surface area (Å²) in [5.74, 6) is -0.484. The van der Waals surface area contributed by atoms with Gasteiger partial charge in [-0.05, 0) is 44.9 Å². The van der Waals surface area contributed by atoms with Crippen molar-refractivity contribution in [2.45, 2.75) is 238 Å². The third-order valence-corrected chi connectivity index (χ3v) is 9.58. The highest BCUT2D eigenvalue weighted by molar-refractivity contribution is 5.77. The molecule has 0 spiro atoms. The predicted molar refractivity (Wildman–Crippen MR) is 204 cm³/mol. The molecule has 0 aromatic heterocycles. The molecular weight excluding hydrogens is 598 g/mol. The van der Waals surface area contributed by atoms with E-state index in [1.165, 1.54) is 116 Å². The Hall–Kier alpha value is -1.40. The van der Waals surface area contributed by atoms with E-state index in [1.54, 1.807) is 0 Å². The quantitative estimate of drug-likeness (QED) is 0.0345. The molecule has 0 heterocycles. The van der Waals surface area contributed by atoms with Crippen LogP contribution < -0.4 is 5.32 Å². The molecule has 0 aromatic carbocycles. The number of amides is 1. The van der Waals surface area contributed by atoms with E-state index in [9.17, 15) is 19.8 Å². The average molecular weight is 680 g/mol. The van der Waals surface area contributed by atoms with E-state index in [2.05, 4.69) is 38.2 Å². The van der Waals surface area contributed by atoms with Gasteiger partial charge in [-0.2, -0.15) is 0 Å². The summed E-state index contributed by atoms with van der Waals surface area (Å²) >= 11 is 0. The van der Waals surface area contributed by atoms with Crippen molar-refractivity contribution in [1.29, 1.82) is 0 Å². The molecule has 0 aliphatic heterocycles. The fourth-order valence-electron chi connectivity index (χ4n) is 6.37. The number of unbranched alkanes of at least 4 members (excludes halogenated alkanes) is 23. The Labute approximate surface area is 298 Å². The van der Waals surface area contributed by atoms with Crippen molar-refractivity contribution in [3.63, 3.8) is 0 Å². The van der Waals surface area contributed by atoms with Crippen molar-refractivity contribution in [3.8, 4) is 0 Å². The lowest BCUT2D eigenvalue weighted by Crippen LogP contribution is -2.46. The second-order valence-electron chi connectivity index (χ2n) is 14.4. The second kappa shape index (κ2) is 36.9. The molecule has 0 aliphatic carbocycles. The molecule has 284 valence electrons. The number of hydrogen-bond acceptors (Lipinski definition) is 5. The number of rotatable bonds is 37. The van der Waals surface area contributed by atoms with Crippen LogP contribution in [0.5, 0.6) is 0 Å². The van der Waals surface area contributed by atoms with Crippen LogP contribution in [0.2, 0.25) is 0 Å². The molecule has 6 nitrogen and oxygen atoms in total. The van der Waals surface area contributed by atoms with E-state index in [0.717, 1.165) is 57.8 Å². The van der Waals surface area contributed by atoms with Gasteiger partial charge >= 0.3 is 5.97 Å². The van der Waals surface area contributed by atoms with Gasteiger partial charge in [-0.3, -0.25) is 9.59 Å². The summed E-state index contributed by atoms with van der Waals surface area (Å²) in [7, 11) is 0. The molecule has 6 heteroatoms. The molecule has 0 aromatic rings. The minimum absolute atomic E-state index is 0.0788.